The van der Waals surface area contributed by atoms with Gasteiger partial charge in [-0.3, -0.25) is 9.97 Å². The third kappa shape index (κ3) is 7.13. The van der Waals surface area contributed by atoms with Crippen LogP contribution in [0.2, 0.25) is 0 Å². The van der Waals surface area contributed by atoms with E-state index in [0.717, 1.165) is 49.9 Å². The first-order chi connectivity index (χ1) is 25.7. The number of fused-ring (bicyclic) bond motifs is 4. The molecule has 0 aliphatic carbocycles. The van der Waals surface area contributed by atoms with E-state index in [1.165, 1.54) is 33.4 Å². The van der Waals surface area contributed by atoms with Crippen molar-refractivity contribution in [2.75, 3.05) is 0 Å². The Balaban J connectivity index is 0.000000149. The minimum atomic E-state index is -0.665. The van der Waals surface area contributed by atoms with Crippen molar-refractivity contribution in [3.63, 3.8) is 0 Å². The molecule has 0 saturated carbocycles. The fraction of sp³-hybridized carbons (Fsp3) is 0.0217. The van der Waals surface area contributed by atoms with Crippen LogP contribution in [0.5, 0.6) is 11.5 Å². The smallest absolute Gasteiger partial charge is 0.616 e. The molecule has 0 saturated heterocycles. The molecule has 247 valence electrons. The zero-order valence-corrected chi connectivity index (χ0v) is 29.7. The summed E-state index contributed by atoms with van der Waals surface area (Å²) < 4.78 is 11.7. The largest absolute Gasteiger partial charge is 0.881 e. The van der Waals surface area contributed by atoms with Gasteiger partial charge in [-0.1, -0.05) is 133 Å². The molecule has 6 heteroatoms. The first-order valence-electron chi connectivity index (χ1n) is 17.2. The molecule has 3 heterocycles. The highest BCUT2D eigenvalue weighted by atomic mass is 27.2. The molecule has 52 heavy (non-hydrogen) atoms. The number of hydrogen-bond acceptors (Lipinski definition) is 5. The molecule has 1 radical (unpaired) electrons. The zero-order chi connectivity index (χ0) is 35.1. The quantitative estimate of drug-likeness (QED) is 0.123. The summed E-state index contributed by atoms with van der Waals surface area (Å²) in [5, 5.41) is 3.33. The van der Waals surface area contributed by atoms with Crippen LogP contribution in [0.4, 0.5) is 0 Å². The molecule has 0 N–H and O–H groups in total. The zero-order valence-electron chi connectivity index (χ0n) is 28.6. The standard InChI is InChI=1S/C24H16N2.C12H10O.C10H9NO.Al/c1-3-7-17(8-4-1)19-13-15-25-23-21(19)11-12-22-20(14-16-26-24(22)23)18-9-5-2-6-10-18;13-12-8-6-11(7-9-12)10-4-2-1-3-5-10;1-7-5-6-8-3-2-4-9(12)10(8)11-7;/h1-16H;1-9,13H;2-6,12H,1H3;/q;;;+2/p-2. The van der Waals surface area contributed by atoms with Crippen molar-refractivity contribution in [2.45, 2.75) is 6.92 Å². The van der Waals surface area contributed by atoms with Crippen LogP contribution in [0.15, 0.2) is 182 Å². The van der Waals surface area contributed by atoms with Gasteiger partial charge < -0.3 is 7.58 Å². The van der Waals surface area contributed by atoms with Gasteiger partial charge in [0, 0.05) is 34.2 Å². The Morgan fingerprint density at radius 3 is 1.54 bits per heavy atom. The van der Waals surface area contributed by atoms with Crippen LogP contribution in [0.1, 0.15) is 5.69 Å². The maximum absolute atomic E-state index is 5.89. The summed E-state index contributed by atoms with van der Waals surface area (Å²) in [5.74, 6) is 1.58. The van der Waals surface area contributed by atoms with Crippen molar-refractivity contribution in [3.05, 3.63) is 188 Å². The molecule has 3 aromatic heterocycles. The molecule has 9 rings (SSSR count). The lowest BCUT2D eigenvalue weighted by atomic mass is 9.97. The minimum absolute atomic E-state index is 0.665. The molecule has 0 fully saturated rings. The summed E-state index contributed by atoms with van der Waals surface area (Å²) in [7, 11) is 0. The summed E-state index contributed by atoms with van der Waals surface area (Å²) in [6.07, 6.45) is 3.75. The Bertz CT molecular complexity index is 2500. The fourth-order valence-corrected chi connectivity index (χ4v) is 6.98. The van der Waals surface area contributed by atoms with E-state index in [4.69, 9.17) is 7.58 Å². The average molecular weight is 687 g/mol. The molecule has 6 aromatic carbocycles. The molecule has 0 spiro atoms. The summed E-state index contributed by atoms with van der Waals surface area (Å²) in [6, 6.07) is 57.7. The number of aromatic nitrogens is 3. The first kappa shape index (κ1) is 32.9. The molecule has 0 amide bonds. The van der Waals surface area contributed by atoms with Crippen molar-refractivity contribution in [1.29, 1.82) is 0 Å². The Morgan fingerprint density at radius 1 is 0.423 bits per heavy atom. The number of pyridine rings is 3. The molecule has 0 bridgehead atoms. The van der Waals surface area contributed by atoms with Gasteiger partial charge in [-0.15, -0.1) is 0 Å². The number of para-hydroxylation sites is 1. The molecule has 9 aromatic rings. The van der Waals surface area contributed by atoms with Crippen molar-refractivity contribution in [3.8, 4) is 44.9 Å². The molecule has 5 nitrogen and oxygen atoms in total. The summed E-state index contributed by atoms with van der Waals surface area (Å²) in [6.45, 7) is 1.98. The van der Waals surface area contributed by atoms with Gasteiger partial charge in [0.2, 0.25) is 0 Å². The molecule has 0 aliphatic rings. The van der Waals surface area contributed by atoms with Gasteiger partial charge >= 0.3 is 15.9 Å². The topological polar surface area (TPSA) is 57.1 Å². The highest BCUT2D eigenvalue weighted by Gasteiger charge is 2.12. The summed E-state index contributed by atoms with van der Waals surface area (Å²) in [4.78, 5) is 13.9. The van der Waals surface area contributed by atoms with Gasteiger partial charge in [-0.05, 0) is 76.7 Å². The number of nitrogens with zero attached hydrogens (tertiary/aromatic N) is 3. The Labute approximate surface area is 309 Å². The lowest BCUT2D eigenvalue weighted by molar-refractivity contribution is 0.461. The van der Waals surface area contributed by atoms with E-state index in [1.54, 1.807) is 0 Å². The minimum Gasteiger partial charge on any atom is -0.616 e. The second-order valence-electron chi connectivity index (χ2n) is 12.3. The van der Waals surface area contributed by atoms with E-state index in [9.17, 15) is 0 Å². The van der Waals surface area contributed by atoms with E-state index in [2.05, 4.69) is 118 Å². The monoisotopic (exact) mass is 686 g/mol. The molecule has 0 unspecified atom stereocenters. The van der Waals surface area contributed by atoms with E-state index in [-0.39, 0.29) is 0 Å². The van der Waals surface area contributed by atoms with Crippen LogP contribution >= 0.6 is 0 Å². The van der Waals surface area contributed by atoms with Gasteiger partial charge in [0.15, 0.2) is 0 Å². The Kier molecular flexibility index (Phi) is 9.66. The number of aryl methyl sites for hydroxylation is 1. The van der Waals surface area contributed by atoms with E-state index >= 15 is 0 Å². The second-order valence-corrected chi connectivity index (χ2v) is 13.0. The number of hydrogen-bond donors (Lipinski definition) is 0. The van der Waals surface area contributed by atoms with Crippen LogP contribution < -0.4 is 7.58 Å². The molecular formula is C46H33AlN3O2. The van der Waals surface area contributed by atoms with E-state index in [1.807, 2.05) is 86.0 Å². The maximum Gasteiger partial charge on any atom is 0.881 e. The van der Waals surface area contributed by atoms with Gasteiger partial charge in [0.1, 0.15) is 11.3 Å². The summed E-state index contributed by atoms with van der Waals surface area (Å²) in [5.41, 5.74) is 10.9. The van der Waals surface area contributed by atoms with Gasteiger partial charge in [-0.25, -0.2) is 4.98 Å². The van der Waals surface area contributed by atoms with Crippen molar-refractivity contribution >= 4 is 48.6 Å². The normalized spacial score (nSPS) is 10.8. The molecule has 0 aliphatic heterocycles. The highest BCUT2D eigenvalue weighted by Crippen LogP contribution is 2.35. The number of rotatable bonds is 7. The van der Waals surface area contributed by atoms with Gasteiger partial charge in [0.25, 0.3) is 0 Å². The van der Waals surface area contributed by atoms with Gasteiger partial charge in [0.05, 0.1) is 16.8 Å². The predicted octanol–water partition coefficient (Wildman–Crippen LogP) is 11.3. The SMILES string of the molecule is Cc1ccc2cccc([O][Al][O]c3ccc(-c4ccccc4)cc3)c2n1.c1ccc(-c2ccnc3c2ccc2c(-c4ccccc4)ccnc23)cc1. The maximum atomic E-state index is 5.89. The number of benzene rings is 6. The van der Waals surface area contributed by atoms with Gasteiger partial charge in [-0.2, -0.15) is 0 Å². The van der Waals surface area contributed by atoms with Crippen LogP contribution in [-0.2, 0) is 0 Å². The van der Waals surface area contributed by atoms with Crippen LogP contribution in [0.3, 0.4) is 0 Å². The first-order valence-corrected chi connectivity index (χ1v) is 18.1. The van der Waals surface area contributed by atoms with E-state index < -0.39 is 15.9 Å². The lowest BCUT2D eigenvalue weighted by Gasteiger charge is -2.11. The van der Waals surface area contributed by atoms with Crippen molar-refractivity contribution in [2.24, 2.45) is 0 Å². The van der Waals surface area contributed by atoms with Crippen molar-refractivity contribution < 1.29 is 7.58 Å². The third-order valence-electron chi connectivity index (χ3n) is 8.93. The summed E-state index contributed by atoms with van der Waals surface area (Å²) >= 11 is -0.665. The van der Waals surface area contributed by atoms with E-state index in [0.29, 0.717) is 0 Å². The van der Waals surface area contributed by atoms with Crippen LogP contribution in [-0.4, -0.2) is 30.8 Å². The predicted molar refractivity (Wildman–Crippen MR) is 213 cm³/mol. The van der Waals surface area contributed by atoms with Crippen LogP contribution in [0.25, 0.3) is 66.1 Å². The third-order valence-corrected chi connectivity index (χ3v) is 9.65. The lowest BCUT2D eigenvalue weighted by Crippen LogP contribution is -2.11. The second kappa shape index (κ2) is 15.3. The highest BCUT2D eigenvalue weighted by molar-refractivity contribution is 6.21. The molecular weight excluding hydrogens is 654 g/mol. The molecule has 0 atom stereocenters. The van der Waals surface area contributed by atoms with Crippen LogP contribution in [0, 0.1) is 6.92 Å². The fourth-order valence-electron chi connectivity index (χ4n) is 6.37. The average Bonchev–Trinajstić information content (AvgIpc) is 3.22. The Hall–Kier alpha value is -6.32. The van der Waals surface area contributed by atoms with Crippen molar-refractivity contribution in [1.82, 2.24) is 15.0 Å². The Morgan fingerprint density at radius 2 is 0.962 bits per heavy atom.